The normalized spacial score (nSPS) is 10.8. The SMILES string of the molecule is CCc1noc(Cn2cc(Br)cc(Br)c2=O)n1. The van der Waals surface area contributed by atoms with Crippen LogP contribution in [0.3, 0.4) is 0 Å². The molecule has 0 aliphatic rings. The van der Waals surface area contributed by atoms with Crippen molar-refractivity contribution in [3.05, 3.63) is 43.3 Å². The average molecular weight is 363 g/mol. The summed E-state index contributed by atoms with van der Waals surface area (Å²) in [5, 5.41) is 3.78. The molecule has 2 aromatic heterocycles. The molecule has 2 rings (SSSR count). The molecule has 0 bridgehead atoms. The van der Waals surface area contributed by atoms with Crippen LogP contribution < -0.4 is 5.56 Å². The van der Waals surface area contributed by atoms with Crippen LogP contribution in [0, 0.1) is 0 Å². The molecule has 2 aromatic rings. The van der Waals surface area contributed by atoms with Gasteiger partial charge in [-0.3, -0.25) is 4.79 Å². The summed E-state index contributed by atoms with van der Waals surface area (Å²) in [5.74, 6) is 1.07. The van der Waals surface area contributed by atoms with Crippen LogP contribution in [0.2, 0.25) is 0 Å². The van der Waals surface area contributed by atoms with Gasteiger partial charge in [0.2, 0.25) is 5.89 Å². The van der Waals surface area contributed by atoms with Crippen molar-refractivity contribution >= 4 is 31.9 Å². The Kier molecular flexibility index (Phi) is 3.78. The number of halogens is 2. The second-order valence-corrected chi connectivity index (χ2v) is 5.17. The van der Waals surface area contributed by atoms with E-state index in [1.165, 1.54) is 4.57 Å². The molecule has 17 heavy (non-hydrogen) atoms. The topological polar surface area (TPSA) is 60.9 Å². The van der Waals surface area contributed by atoms with E-state index in [-0.39, 0.29) is 12.1 Å². The fraction of sp³-hybridized carbons (Fsp3) is 0.300. The van der Waals surface area contributed by atoms with Crippen molar-refractivity contribution in [1.82, 2.24) is 14.7 Å². The zero-order valence-electron chi connectivity index (χ0n) is 8.98. The quantitative estimate of drug-likeness (QED) is 0.840. The third-order valence-corrected chi connectivity index (χ3v) is 3.14. The summed E-state index contributed by atoms with van der Waals surface area (Å²) in [7, 11) is 0. The van der Waals surface area contributed by atoms with Gasteiger partial charge < -0.3 is 9.09 Å². The predicted molar refractivity (Wildman–Crippen MR) is 68.9 cm³/mol. The molecule has 0 N–H and O–H groups in total. The summed E-state index contributed by atoms with van der Waals surface area (Å²) in [6.45, 7) is 2.21. The van der Waals surface area contributed by atoms with Crippen molar-refractivity contribution in [1.29, 1.82) is 0 Å². The van der Waals surface area contributed by atoms with E-state index in [1.807, 2.05) is 6.92 Å². The van der Waals surface area contributed by atoms with E-state index in [4.69, 9.17) is 4.52 Å². The average Bonchev–Trinajstić information content (AvgIpc) is 2.73. The van der Waals surface area contributed by atoms with Gasteiger partial charge in [-0.2, -0.15) is 4.98 Å². The molecule has 0 amide bonds. The van der Waals surface area contributed by atoms with Gasteiger partial charge in [-0.25, -0.2) is 0 Å². The maximum absolute atomic E-state index is 11.8. The first-order valence-electron chi connectivity index (χ1n) is 4.97. The van der Waals surface area contributed by atoms with E-state index in [0.717, 1.165) is 4.47 Å². The Bertz CT molecular complexity index is 591. The van der Waals surface area contributed by atoms with Crippen molar-refractivity contribution in [3.8, 4) is 0 Å². The summed E-state index contributed by atoms with van der Waals surface area (Å²) >= 11 is 6.52. The van der Waals surface area contributed by atoms with Crippen LogP contribution >= 0.6 is 31.9 Å². The molecule has 0 unspecified atom stereocenters. The van der Waals surface area contributed by atoms with Crippen LogP contribution in [0.15, 0.2) is 30.5 Å². The van der Waals surface area contributed by atoms with Crippen LogP contribution in [-0.4, -0.2) is 14.7 Å². The van der Waals surface area contributed by atoms with E-state index in [9.17, 15) is 4.79 Å². The minimum Gasteiger partial charge on any atom is -0.337 e. The minimum atomic E-state index is -0.135. The molecule has 0 atom stereocenters. The van der Waals surface area contributed by atoms with Gasteiger partial charge in [0.15, 0.2) is 5.82 Å². The monoisotopic (exact) mass is 361 g/mol. The lowest BCUT2D eigenvalue weighted by Gasteiger charge is -2.03. The second-order valence-electron chi connectivity index (χ2n) is 3.40. The van der Waals surface area contributed by atoms with Gasteiger partial charge in [-0.15, -0.1) is 0 Å². The van der Waals surface area contributed by atoms with Crippen molar-refractivity contribution in [2.45, 2.75) is 19.9 Å². The summed E-state index contributed by atoms with van der Waals surface area (Å²) in [6, 6.07) is 1.70. The van der Waals surface area contributed by atoms with Crippen LogP contribution in [0.1, 0.15) is 18.6 Å². The Morgan fingerprint density at radius 1 is 1.47 bits per heavy atom. The third-order valence-electron chi connectivity index (χ3n) is 2.14. The van der Waals surface area contributed by atoms with Gasteiger partial charge in [-0.05, 0) is 37.9 Å². The number of aryl methyl sites for hydroxylation is 1. The Labute approximate surface area is 114 Å². The highest BCUT2D eigenvalue weighted by molar-refractivity contribution is 9.11. The molecule has 0 aromatic carbocycles. The van der Waals surface area contributed by atoms with E-state index in [2.05, 4.69) is 42.0 Å². The standard InChI is InChI=1S/C10H9Br2N3O2/c1-2-8-13-9(17-14-8)5-15-4-6(11)3-7(12)10(15)16/h3-4H,2,5H2,1H3. The fourth-order valence-corrected chi connectivity index (χ4v) is 2.58. The lowest BCUT2D eigenvalue weighted by molar-refractivity contribution is 0.365. The molecule has 0 fully saturated rings. The Hall–Kier alpha value is -0.950. The van der Waals surface area contributed by atoms with Gasteiger partial charge in [0.05, 0.1) is 4.47 Å². The van der Waals surface area contributed by atoms with Crippen LogP contribution in [-0.2, 0) is 13.0 Å². The molecular formula is C10H9Br2N3O2. The van der Waals surface area contributed by atoms with Crippen molar-refractivity contribution in [2.24, 2.45) is 0 Å². The Morgan fingerprint density at radius 2 is 2.24 bits per heavy atom. The van der Waals surface area contributed by atoms with Gasteiger partial charge >= 0.3 is 0 Å². The number of hydrogen-bond donors (Lipinski definition) is 0. The highest BCUT2D eigenvalue weighted by atomic mass is 79.9. The summed E-state index contributed by atoms with van der Waals surface area (Å²) < 4.78 is 7.84. The molecule has 0 saturated heterocycles. The number of rotatable bonds is 3. The zero-order valence-corrected chi connectivity index (χ0v) is 12.2. The van der Waals surface area contributed by atoms with Crippen LogP contribution in [0.25, 0.3) is 0 Å². The molecule has 0 aliphatic carbocycles. The summed E-state index contributed by atoms with van der Waals surface area (Å²) in [5.41, 5.74) is -0.135. The number of hydrogen-bond acceptors (Lipinski definition) is 4. The highest BCUT2D eigenvalue weighted by Crippen LogP contribution is 2.13. The number of aromatic nitrogens is 3. The number of pyridine rings is 1. The molecule has 2 heterocycles. The van der Waals surface area contributed by atoms with Crippen LogP contribution in [0.5, 0.6) is 0 Å². The minimum absolute atomic E-state index is 0.135. The Morgan fingerprint density at radius 3 is 2.88 bits per heavy atom. The number of nitrogens with zero attached hydrogens (tertiary/aromatic N) is 3. The molecule has 90 valence electrons. The maximum atomic E-state index is 11.8. The van der Waals surface area contributed by atoms with E-state index in [1.54, 1.807) is 12.3 Å². The second kappa shape index (κ2) is 5.14. The van der Waals surface area contributed by atoms with Crippen molar-refractivity contribution in [2.75, 3.05) is 0 Å². The highest BCUT2D eigenvalue weighted by Gasteiger charge is 2.08. The largest absolute Gasteiger partial charge is 0.337 e. The first kappa shape index (κ1) is 12.5. The summed E-state index contributed by atoms with van der Waals surface area (Å²) in [6.07, 6.45) is 2.39. The van der Waals surface area contributed by atoms with Crippen molar-refractivity contribution in [3.63, 3.8) is 0 Å². The fourth-order valence-electron chi connectivity index (χ4n) is 1.33. The molecule has 0 spiro atoms. The zero-order chi connectivity index (χ0) is 12.4. The predicted octanol–water partition coefficient (Wildman–Crippen LogP) is 2.37. The first-order chi connectivity index (χ1) is 8.10. The van der Waals surface area contributed by atoms with E-state index >= 15 is 0 Å². The van der Waals surface area contributed by atoms with Gasteiger partial charge in [0.25, 0.3) is 5.56 Å². The van der Waals surface area contributed by atoms with Crippen LogP contribution in [0.4, 0.5) is 0 Å². The molecule has 0 aliphatic heterocycles. The molecule has 7 heteroatoms. The van der Waals surface area contributed by atoms with Crippen molar-refractivity contribution < 1.29 is 4.52 Å². The molecule has 0 saturated carbocycles. The third kappa shape index (κ3) is 2.84. The Balaban J connectivity index is 2.32. The summed E-state index contributed by atoms with van der Waals surface area (Å²) in [4.78, 5) is 16.0. The lowest BCUT2D eigenvalue weighted by atomic mass is 10.4. The lowest BCUT2D eigenvalue weighted by Crippen LogP contribution is -2.20. The van der Waals surface area contributed by atoms with Gasteiger partial charge in [0.1, 0.15) is 6.54 Å². The van der Waals surface area contributed by atoms with E-state index in [0.29, 0.717) is 22.6 Å². The van der Waals surface area contributed by atoms with Gasteiger partial charge in [-0.1, -0.05) is 12.1 Å². The smallest absolute Gasteiger partial charge is 0.265 e. The first-order valence-corrected chi connectivity index (χ1v) is 6.55. The molecule has 5 nitrogen and oxygen atoms in total. The molecule has 0 radical (unpaired) electrons. The van der Waals surface area contributed by atoms with Gasteiger partial charge in [0, 0.05) is 17.1 Å². The molecular weight excluding hydrogens is 354 g/mol. The van der Waals surface area contributed by atoms with E-state index < -0.39 is 0 Å². The maximum Gasteiger partial charge on any atom is 0.265 e.